The van der Waals surface area contributed by atoms with Gasteiger partial charge in [0.15, 0.2) is 0 Å². The minimum atomic E-state index is -3.73. The van der Waals surface area contributed by atoms with E-state index >= 15 is 0 Å². The van der Waals surface area contributed by atoms with Crippen molar-refractivity contribution < 1.29 is 22.9 Å². The lowest BCUT2D eigenvalue weighted by Crippen LogP contribution is -2.26. The number of nitrogens with one attached hydrogen (secondary N) is 1. The Morgan fingerprint density at radius 3 is 2.31 bits per heavy atom. The van der Waals surface area contributed by atoms with E-state index in [1.807, 2.05) is 0 Å². The summed E-state index contributed by atoms with van der Waals surface area (Å²) in [5.41, 5.74) is 0.530. The third kappa shape index (κ3) is 5.80. The predicted molar refractivity (Wildman–Crippen MR) is 94.1 cm³/mol. The molecule has 10 heteroatoms. The van der Waals surface area contributed by atoms with Gasteiger partial charge in [0, 0.05) is 23.7 Å². The second-order valence-corrected chi connectivity index (χ2v) is 7.39. The Kier molecular flexibility index (Phi) is 6.67. The van der Waals surface area contributed by atoms with Crippen LogP contribution in [-0.4, -0.2) is 25.9 Å². The smallest absolute Gasteiger partial charge is 0.307 e. The van der Waals surface area contributed by atoms with Crippen molar-refractivity contribution >= 4 is 33.3 Å². The summed E-state index contributed by atoms with van der Waals surface area (Å²) in [6.45, 7) is -0.176. The molecule has 1 N–H and O–H groups in total. The first-order valence-electron chi connectivity index (χ1n) is 7.42. The molecule has 0 radical (unpaired) electrons. The van der Waals surface area contributed by atoms with E-state index in [-0.39, 0.29) is 30.2 Å². The molecule has 8 nitrogen and oxygen atoms in total. The van der Waals surface area contributed by atoms with Crippen LogP contribution in [0, 0.1) is 10.1 Å². The van der Waals surface area contributed by atoms with Gasteiger partial charge in [0.2, 0.25) is 10.0 Å². The molecule has 0 saturated carbocycles. The van der Waals surface area contributed by atoms with E-state index in [1.165, 1.54) is 48.5 Å². The highest BCUT2D eigenvalue weighted by molar-refractivity contribution is 7.89. The number of nitrogens with zero attached hydrogens (tertiary/aromatic N) is 1. The summed E-state index contributed by atoms with van der Waals surface area (Å²) in [6.07, 6.45) is -0.153. The quantitative estimate of drug-likeness (QED) is 0.415. The largest absolute Gasteiger partial charge is 0.461 e. The van der Waals surface area contributed by atoms with Gasteiger partial charge >= 0.3 is 5.97 Å². The molecular formula is C16H15ClN2O6S. The second-order valence-electron chi connectivity index (χ2n) is 5.19. The monoisotopic (exact) mass is 398 g/mol. The third-order valence-corrected chi connectivity index (χ3v) is 5.02. The number of nitro benzene ring substituents is 1. The first-order valence-corrected chi connectivity index (χ1v) is 9.28. The summed E-state index contributed by atoms with van der Waals surface area (Å²) in [5, 5.41) is 11.0. The van der Waals surface area contributed by atoms with Crippen LogP contribution in [0.4, 0.5) is 5.69 Å². The number of esters is 1. The van der Waals surface area contributed by atoms with Crippen molar-refractivity contribution in [3.8, 4) is 0 Å². The molecule has 2 rings (SSSR count). The Balaban J connectivity index is 1.78. The molecule has 0 bridgehead atoms. The topological polar surface area (TPSA) is 116 Å². The number of benzene rings is 2. The molecule has 0 aliphatic heterocycles. The number of halogens is 1. The zero-order chi connectivity index (χ0) is 19.2. The lowest BCUT2D eigenvalue weighted by atomic mass is 10.2. The number of carbonyl (C=O) groups is 1. The maximum atomic E-state index is 12.0. The number of carbonyl (C=O) groups excluding carboxylic acids is 1. The highest BCUT2D eigenvalue weighted by Crippen LogP contribution is 2.14. The Labute approximate surface area is 154 Å². The van der Waals surface area contributed by atoms with Crippen molar-refractivity contribution in [1.29, 1.82) is 0 Å². The van der Waals surface area contributed by atoms with Gasteiger partial charge in [-0.25, -0.2) is 13.1 Å². The number of sulfonamides is 1. The van der Waals surface area contributed by atoms with E-state index < -0.39 is 20.9 Å². The lowest BCUT2D eigenvalue weighted by molar-refractivity contribution is -0.384. The van der Waals surface area contributed by atoms with E-state index in [1.54, 1.807) is 0 Å². The van der Waals surface area contributed by atoms with Crippen molar-refractivity contribution in [1.82, 2.24) is 4.72 Å². The summed E-state index contributed by atoms with van der Waals surface area (Å²) in [5.74, 6) is -0.595. The molecular weight excluding hydrogens is 384 g/mol. The Hall–Kier alpha value is -2.49. The highest BCUT2D eigenvalue weighted by Gasteiger charge is 2.14. The number of ether oxygens (including phenoxy) is 1. The summed E-state index contributed by atoms with van der Waals surface area (Å²) in [4.78, 5) is 21.7. The van der Waals surface area contributed by atoms with Gasteiger partial charge in [0.25, 0.3) is 5.69 Å². The van der Waals surface area contributed by atoms with Gasteiger partial charge in [-0.1, -0.05) is 11.6 Å². The molecule has 2 aromatic carbocycles. The van der Waals surface area contributed by atoms with Gasteiger partial charge < -0.3 is 4.74 Å². The van der Waals surface area contributed by atoms with Crippen LogP contribution in [0.25, 0.3) is 0 Å². The van der Waals surface area contributed by atoms with Crippen molar-refractivity contribution in [3.05, 3.63) is 69.2 Å². The molecule has 0 aliphatic rings. The van der Waals surface area contributed by atoms with Crippen LogP contribution in [0.1, 0.15) is 12.0 Å². The molecule has 0 heterocycles. The first-order chi connectivity index (χ1) is 12.3. The Bertz CT molecular complexity index is 882. The SMILES string of the molecule is O=C(CCNS(=O)(=O)c1ccc(Cl)cc1)OCc1ccc([N+](=O)[O-])cc1. The molecule has 0 saturated heterocycles. The Morgan fingerprint density at radius 2 is 1.73 bits per heavy atom. The first kappa shape index (κ1) is 19.8. The van der Waals surface area contributed by atoms with Crippen molar-refractivity contribution in [2.24, 2.45) is 0 Å². The third-order valence-electron chi connectivity index (χ3n) is 3.29. The van der Waals surface area contributed by atoms with Crippen molar-refractivity contribution in [2.75, 3.05) is 6.54 Å². The van der Waals surface area contributed by atoms with E-state index in [0.29, 0.717) is 10.6 Å². The second kappa shape index (κ2) is 8.75. The molecule has 138 valence electrons. The number of hydrogen-bond donors (Lipinski definition) is 1. The average Bonchev–Trinajstić information content (AvgIpc) is 2.60. The van der Waals surface area contributed by atoms with Gasteiger partial charge in [-0.3, -0.25) is 14.9 Å². The fraction of sp³-hybridized carbons (Fsp3) is 0.188. The Morgan fingerprint density at radius 1 is 1.12 bits per heavy atom. The van der Waals surface area contributed by atoms with Crippen LogP contribution >= 0.6 is 11.6 Å². The molecule has 0 amide bonds. The molecule has 2 aromatic rings. The number of rotatable bonds is 8. The van der Waals surface area contributed by atoms with Crippen molar-refractivity contribution in [2.45, 2.75) is 17.9 Å². The van der Waals surface area contributed by atoms with Gasteiger partial charge in [-0.15, -0.1) is 0 Å². The zero-order valence-electron chi connectivity index (χ0n) is 13.4. The van der Waals surface area contributed by atoms with Gasteiger partial charge in [0.05, 0.1) is 16.2 Å². The summed E-state index contributed by atoms with van der Waals surface area (Å²) in [6, 6.07) is 11.2. The van der Waals surface area contributed by atoms with Gasteiger partial charge in [0.1, 0.15) is 6.61 Å². The predicted octanol–water partition coefficient (Wildman–Crippen LogP) is 2.66. The van der Waals surface area contributed by atoms with Crippen LogP contribution in [-0.2, 0) is 26.2 Å². The van der Waals surface area contributed by atoms with Crippen LogP contribution in [0.15, 0.2) is 53.4 Å². The summed E-state index contributed by atoms with van der Waals surface area (Å²) >= 11 is 5.71. The number of nitro groups is 1. The molecule has 26 heavy (non-hydrogen) atoms. The molecule has 0 aromatic heterocycles. The fourth-order valence-electron chi connectivity index (χ4n) is 1.93. The molecule has 0 spiro atoms. The van der Waals surface area contributed by atoms with Crippen molar-refractivity contribution in [3.63, 3.8) is 0 Å². The maximum absolute atomic E-state index is 12.0. The van der Waals surface area contributed by atoms with Crippen LogP contribution in [0.2, 0.25) is 5.02 Å². The van der Waals surface area contributed by atoms with E-state index in [0.717, 1.165) is 0 Å². The number of non-ortho nitro benzene ring substituents is 1. The van der Waals surface area contributed by atoms with Crippen LogP contribution in [0.3, 0.4) is 0 Å². The molecule has 0 unspecified atom stereocenters. The highest BCUT2D eigenvalue weighted by atomic mass is 35.5. The molecule has 0 fully saturated rings. The van der Waals surface area contributed by atoms with E-state index in [9.17, 15) is 23.3 Å². The van der Waals surface area contributed by atoms with Crippen LogP contribution in [0.5, 0.6) is 0 Å². The number of hydrogen-bond acceptors (Lipinski definition) is 6. The van der Waals surface area contributed by atoms with Gasteiger partial charge in [-0.2, -0.15) is 0 Å². The maximum Gasteiger partial charge on any atom is 0.307 e. The molecule has 0 atom stereocenters. The van der Waals surface area contributed by atoms with E-state index in [4.69, 9.17) is 16.3 Å². The summed E-state index contributed by atoms with van der Waals surface area (Å²) in [7, 11) is -3.73. The standard InChI is InChI=1S/C16H15ClN2O6S/c17-13-3-7-15(8-4-13)26(23,24)18-10-9-16(20)25-11-12-1-5-14(6-2-12)19(21)22/h1-8,18H,9-11H2. The van der Waals surface area contributed by atoms with Gasteiger partial charge in [-0.05, 0) is 42.0 Å². The lowest BCUT2D eigenvalue weighted by Gasteiger charge is -2.07. The van der Waals surface area contributed by atoms with E-state index in [2.05, 4.69) is 4.72 Å². The normalized spacial score (nSPS) is 11.1. The minimum absolute atomic E-state index is 0.0427. The zero-order valence-corrected chi connectivity index (χ0v) is 15.0. The average molecular weight is 399 g/mol. The fourth-order valence-corrected chi connectivity index (χ4v) is 3.09. The van der Waals surface area contributed by atoms with Crippen LogP contribution < -0.4 is 4.72 Å². The minimum Gasteiger partial charge on any atom is -0.461 e. The molecule has 0 aliphatic carbocycles. The summed E-state index contributed by atoms with van der Waals surface area (Å²) < 4.78 is 31.4.